The van der Waals surface area contributed by atoms with Crippen LogP contribution < -0.4 is 14.8 Å². The number of alkyl halides is 3. The van der Waals surface area contributed by atoms with E-state index in [-0.39, 0.29) is 29.3 Å². The molecule has 2 aromatic carbocycles. The van der Waals surface area contributed by atoms with E-state index in [1.807, 2.05) is 0 Å². The molecule has 37 heavy (non-hydrogen) atoms. The van der Waals surface area contributed by atoms with Gasteiger partial charge in [0.25, 0.3) is 5.91 Å². The number of Topliss-reactive ketones (excluding diaryl/α,β-unsaturated/α-hetero) is 1. The third-order valence-corrected chi connectivity index (χ3v) is 5.79. The molecule has 0 aliphatic heterocycles. The number of halogens is 4. The minimum Gasteiger partial charge on any atom is -0.507 e. The molecule has 1 heterocycles. The largest absolute Gasteiger partial charge is 0.507 e. The number of anilines is 1. The molecule has 3 N–H and O–H groups in total. The summed E-state index contributed by atoms with van der Waals surface area (Å²) in [4.78, 5) is 24.0. The molecule has 14 heteroatoms. The molecule has 0 saturated heterocycles. The Kier molecular flexibility index (Phi) is 8.73. The maximum atomic E-state index is 12.8. The van der Waals surface area contributed by atoms with E-state index in [4.69, 9.17) is 9.47 Å². The second kappa shape index (κ2) is 11.6. The number of aromatic amines is 1. The molecular formula is C23H23BrF3N5O5. The number of nitrogens with one attached hydrogen (secondary N) is 2. The highest BCUT2D eigenvalue weighted by molar-refractivity contribution is 9.10. The standard InChI is InChI=1S/C23H23BrF3N5O5/c1-11-8-16(24)19(9-17(11)28-22(35)21-29-31-32-30-21)37-12(2)10-36-18-5-4-14(13(3)33)20(34)15(18)6-7-23(25,26)27/h4-5,8-9,12,34H,6-7,10H2,1-3H3,(H,28,35)(H,29,30,31,32). The summed E-state index contributed by atoms with van der Waals surface area (Å²) in [6.45, 7) is 4.56. The molecule has 1 aromatic heterocycles. The average Bonchev–Trinajstić information content (AvgIpc) is 3.34. The Bertz CT molecular complexity index is 1280. The van der Waals surface area contributed by atoms with E-state index in [1.54, 1.807) is 26.0 Å². The van der Waals surface area contributed by atoms with Crippen LogP contribution in [0.25, 0.3) is 0 Å². The van der Waals surface area contributed by atoms with E-state index in [0.29, 0.717) is 15.9 Å². The van der Waals surface area contributed by atoms with Crippen LogP contribution in [0.4, 0.5) is 18.9 Å². The first-order valence-corrected chi connectivity index (χ1v) is 11.7. The van der Waals surface area contributed by atoms with E-state index in [1.165, 1.54) is 19.1 Å². The zero-order chi connectivity index (χ0) is 27.3. The van der Waals surface area contributed by atoms with Gasteiger partial charge in [0, 0.05) is 23.7 Å². The van der Waals surface area contributed by atoms with Gasteiger partial charge in [-0.2, -0.15) is 13.2 Å². The Labute approximate surface area is 217 Å². The molecule has 0 aliphatic carbocycles. The molecule has 0 saturated carbocycles. The van der Waals surface area contributed by atoms with Gasteiger partial charge in [-0.3, -0.25) is 9.59 Å². The normalized spacial score (nSPS) is 12.2. The fraction of sp³-hybridized carbons (Fsp3) is 0.348. The fourth-order valence-electron chi connectivity index (χ4n) is 3.32. The maximum absolute atomic E-state index is 12.8. The highest BCUT2D eigenvalue weighted by Gasteiger charge is 2.29. The monoisotopic (exact) mass is 585 g/mol. The summed E-state index contributed by atoms with van der Waals surface area (Å²) in [6, 6.07) is 5.96. The maximum Gasteiger partial charge on any atom is 0.389 e. The van der Waals surface area contributed by atoms with E-state index in [9.17, 15) is 27.9 Å². The first kappa shape index (κ1) is 27.9. The van der Waals surface area contributed by atoms with Gasteiger partial charge < -0.3 is 19.9 Å². The molecule has 3 rings (SSSR count). The summed E-state index contributed by atoms with van der Waals surface area (Å²) in [5.41, 5.74) is 0.958. The lowest BCUT2D eigenvalue weighted by molar-refractivity contribution is -0.134. The van der Waals surface area contributed by atoms with Gasteiger partial charge in [-0.15, -0.1) is 5.10 Å². The first-order valence-electron chi connectivity index (χ1n) is 10.9. The number of amides is 1. The number of ketones is 1. The van der Waals surface area contributed by atoms with Crippen molar-refractivity contribution in [1.82, 2.24) is 20.6 Å². The van der Waals surface area contributed by atoms with Crippen molar-refractivity contribution < 1.29 is 37.3 Å². The highest BCUT2D eigenvalue weighted by atomic mass is 79.9. The quantitative estimate of drug-likeness (QED) is 0.289. The van der Waals surface area contributed by atoms with Crippen LogP contribution in [0.2, 0.25) is 0 Å². The molecule has 3 aromatic rings. The van der Waals surface area contributed by atoms with Crippen molar-refractivity contribution in [1.29, 1.82) is 0 Å². The Balaban J connectivity index is 1.73. The number of nitrogens with zero attached hydrogens (tertiary/aromatic N) is 3. The lowest BCUT2D eigenvalue weighted by Crippen LogP contribution is -2.22. The number of aryl methyl sites for hydroxylation is 1. The Hall–Kier alpha value is -3.68. The van der Waals surface area contributed by atoms with Crippen molar-refractivity contribution in [3.05, 3.63) is 51.3 Å². The van der Waals surface area contributed by atoms with E-state index < -0.39 is 42.6 Å². The number of benzene rings is 2. The number of aromatic nitrogens is 4. The van der Waals surface area contributed by atoms with Gasteiger partial charge in [-0.25, -0.2) is 5.10 Å². The van der Waals surface area contributed by atoms with E-state index >= 15 is 0 Å². The average molecular weight is 586 g/mol. The molecule has 0 radical (unpaired) electrons. The molecule has 0 spiro atoms. The molecule has 0 bridgehead atoms. The van der Waals surface area contributed by atoms with Crippen LogP contribution in [0.5, 0.6) is 17.2 Å². The summed E-state index contributed by atoms with van der Waals surface area (Å²) in [5.74, 6) is -1.28. The van der Waals surface area contributed by atoms with Crippen molar-refractivity contribution >= 4 is 33.3 Å². The fourth-order valence-corrected chi connectivity index (χ4v) is 3.87. The van der Waals surface area contributed by atoms with Crippen molar-refractivity contribution in [3.8, 4) is 17.2 Å². The summed E-state index contributed by atoms with van der Waals surface area (Å²) < 4.78 is 50.7. The zero-order valence-electron chi connectivity index (χ0n) is 19.9. The van der Waals surface area contributed by atoms with Gasteiger partial charge in [0.1, 0.15) is 30.0 Å². The molecule has 1 unspecified atom stereocenters. The molecule has 10 nitrogen and oxygen atoms in total. The zero-order valence-corrected chi connectivity index (χ0v) is 21.5. The second-order valence-corrected chi connectivity index (χ2v) is 9.01. The predicted octanol–water partition coefficient (Wildman–Crippen LogP) is 4.77. The van der Waals surface area contributed by atoms with Crippen molar-refractivity contribution in [2.75, 3.05) is 11.9 Å². The van der Waals surface area contributed by atoms with Crippen LogP contribution in [0, 0.1) is 6.92 Å². The lowest BCUT2D eigenvalue weighted by atomic mass is 10.0. The van der Waals surface area contributed by atoms with Crippen LogP contribution >= 0.6 is 15.9 Å². The molecular weight excluding hydrogens is 563 g/mol. The Morgan fingerprint density at radius 3 is 2.59 bits per heavy atom. The minimum absolute atomic E-state index is 0.0128. The van der Waals surface area contributed by atoms with Crippen LogP contribution in [-0.2, 0) is 6.42 Å². The summed E-state index contributed by atoms with van der Waals surface area (Å²) in [7, 11) is 0. The van der Waals surface area contributed by atoms with Gasteiger partial charge in [0.15, 0.2) is 5.78 Å². The summed E-state index contributed by atoms with van der Waals surface area (Å²) in [5, 5.41) is 25.7. The molecule has 1 amide bonds. The first-order chi connectivity index (χ1) is 17.4. The second-order valence-electron chi connectivity index (χ2n) is 8.15. The lowest BCUT2D eigenvalue weighted by Gasteiger charge is -2.20. The minimum atomic E-state index is -4.46. The van der Waals surface area contributed by atoms with Gasteiger partial charge in [-0.1, -0.05) is 0 Å². The number of ether oxygens (including phenoxy) is 2. The van der Waals surface area contributed by atoms with Gasteiger partial charge >= 0.3 is 6.18 Å². The summed E-state index contributed by atoms with van der Waals surface area (Å²) >= 11 is 3.40. The highest BCUT2D eigenvalue weighted by Crippen LogP contribution is 2.36. The molecule has 0 aliphatic rings. The van der Waals surface area contributed by atoms with E-state index in [0.717, 1.165) is 5.56 Å². The van der Waals surface area contributed by atoms with Gasteiger partial charge in [0.2, 0.25) is 5.82 Å². The van der Waals surface area contributed by atoms with Crippen molar-refractivity contribution in [2.45, 2.75) is 45.9 Å². The number of tetrazole rings is 1. The van der Waals surface area contributed by atoms with E-state index in [2.05, 4.69) is 41.9 Å². The number of hydrogen-bond acceptors (Lipinski definition) is 8. The number of phenols is 1. The van der Waals surface area contributed by atoms with Crippen LogP contribution in [0.15, 0.2) is 28.7 Å². The Morgan fingerprint density at radius 2 is 1.97 bits per heavy atom. The number of hydrogen-bond donors (Lipinski definition) is 3. The topological polar surface area (TPSA) is 139 Å². The number of carbonyl (C=O) groups excluding carboxylic acids is 2. The third kappa shape index (κ3) is 7.41. The van der Waals surface area contributed by atoms with Crippen LogP contribution in [-0.4, -0.2) is 56.3 Å². The van der Waals surface area contributed by atoms with Gasteiger partial charge in [0.05, 0.1) is 10.0 Å². The van der Waals surface area contributed by atoms with Crippen molar-refractivity contribution in [2.24, 2.45) is 0 Å². The predicted molar refractivity (Wildman–Crippen MR) is 129 cm³/mol. The SMILES string of the molecule is CC(=O)c1ccc(OCC(C)Oc2cc(NC(=O)c3nnn[nH]3)c(C)cc2Br)c(CCC(F)(F)F)c1O. The summed E-state index contributed by atoms with van der Waals surface area (Å²) in [6.07, 6.45) is -6.82. The molecule has 198 valence electrons. The molecule has 0 fully saturated rings. The third-order valence-electron chi connectivity index (χ3n) is 5.17. The number of aromatic hydroxyl groups is 1. The number of rotatable bonds is 10. The van der Waals surface area contributed by atoms with Crippen LogP contribution in [0.3, 0.4) is 0 Å². The number of phenolic OH excluding ortho intramolecular Hbond substituents is 1. The van der Waals surface area contributed by atoms with Crippen LogP contribution in [0.1, 0.15) is 52.4 Å². The smallest absolute Gasteiger partial charge is 0.389 e. The molecule has 1 atom stereocenters. The van der Waals surface area contributed by atoms with Gasteiger partial charge in [-0.05, 0) is 77.3 Å². The number of H-pyrrole nitrogens is 1. The Morgan fingerprint density at radius 1 is 1.24 bits per heavy atom. The number of carbonyl (C=O) groups is 2. The van der Waals surface area contributed by atoms with Crippen molar-refractivity contribution in [3.63, 3.8) is 0 Å².